The van der Waals surface area contributed by atoms with Crippen molar-refractivity contribution < 1.29 is 9.47 Å². The summed E-state index contributed by atoms with van der Waals surface area (Å²) in [7, 11) is 1.91. The number of halogens is 1. The number of nitrogens with one attached hydrogen (secondary N) is 1. The quantitative estimate of drug-likeness (QED) is 0.700. The smallest absolute Gasteiger partial charge is 0.138 e. The molecule has 0 fully saturated rings. The first kappa shape index (κ1) is 15.3. The first-order valence-electron chi connectivity index (χ1n) is 6.41. The van der Waals surface area contributed by atoms with Crippen molar-refractivity contribution >= 4 is 11.6 Å². The number of benzene rings is 1. The molecule has 1 N–H and O–H groups in total. The van der Waals surface area contributed by atoms with Gasteiger partial charge in [0.25, 0.3) is 0 Å². The van der Waals surface area contributed by atoms with Gasteiger partial charge in [-0.15, -0.1) is 0 Å². The third kappa shape index (κ3) is 5.71. The van der Waals surface area contributed by atoms with Gasteiger partial charge >= 0.3 is 0 Å². The van der Waals surface area contributed by atoms with E-state index in [0.29, 0.717) is 18.2 Å². The van der Waals surface area contributed by atoms with Crippen molar-refractivity contribution in [3.05, 3.63) is 28.8 Å². The molecular formula is C14H22ClNO2. The fraction of sp³-hybridized carbons (Fsp3) is 0.571. The zero-order valence-electron chi connectivity index (χ0n) is 11.2. The molecule has 1 rings (SSSR count). The first-order chi connectivity index (χ1) is 8.77. The third-order valence-electron chi connectivity index (χ3n) is 2.50. The van der Waals surface area contributed by atoms with E-state index in [1.54, 1.807) is 0 Å². The van der Waals surface area contributed by atoms with Crippen LogP contribution >= 0.6 is 11.6 Å². The Balaban J connectivity index is 2.29. The number of ether oxygens (including phenoxy) is 2. The number of hydrogen-bond donors (Lipinski definition) is 1. The highest BCUT2D eigenvalue weighted by atomic mass is 35.5. The van der Waals surface area contributed by atoms with Crippen LogP contribution < -0.4 is 10.1 Å². The van der Waals surface area contributed by atoms with Crippen LogP contribution in [0.25, 0.3) is 0 Å². The van der Waals surface area contributed by atoms with Crippen molar-refractivity contribution in [3.8, 4) is 5.75 Å². The molecule has 0 saturated heterocycles. The molecule has 0 aliphatic carbocycles. The Morgan fingerprint density at radius 3 is 2.72 bits per heavy atom. The topological polar surface area (TPSA) is 30.5 Å². The minimum Gasteiger partial charge on any atom is -0.490 e. The Hall–Kier alpha value is -0.770. The highest BCUT2D eigenvalue weighted by molar-refractivity contribution is 6.32. The number of hydrogen-bond acceptors (Lipinski definition) is 3. The van der Waals surface area contributed by atoms with Gasteiger partial charge in [0.15, 0.2) is 0 Å². The largest absolute Gasteiger partial charge is 0.490 e. The van der Waals surface area contributed by atoms with Gasteiger partial charge in [0, 0.05) is 13.2 Å². The van der Waals surface area contributed by atoms with Gasteiger partial charge < -0.3 is 14.8 Å². The van der Waals surface area contributed by atoms with Crippen LogP contribution in [0.4, 0.5) is 0 Å². The summed E-state index contributed by atoms with van der Waals surface area (Å²) < 4.78 is 11.0. The standard InChI is InChI=1S/C14H22ClNO2/c1-3-4-7-17-8-9-18-14-6-5-12(11-16-2)10-13(14)15/h5-6,10,16H,3-4,7-9,11H2,1-2H3. The van der Waals surface area contributed by atoms with Crippen LogP contribution in [0.5, 0.6) is 5.75 Å². The zero-order chi connectivity index (χ0) is 13.2. The summed E-state index contributed by atoms with van der Waals surface area (Å²) in [4.78, 5) is 0. The molecule has 4 heteroatoms. The van der Waals surface area contributed by atoms with Crippen LogP contribution in [0.2, 0.25) is 5.02 Å². The molecule has 0 spiro atoms. The molecule has 0 unspecified atom stereocenters. The fourth-order valence-corrected chi connectivity index (χ4v) is 1.79. The summed E-state index contributed by atoms with van der Waals surface area (Å²) in [5.41, 5.74) is 1.15. The van der Waals surface area contributed by atoms with Gasteiger partial charge in [-0.3, -0.25) is 0 Å². The molecule has 0 saturated carbocycles. The molecule has 1 aromatic rings. The lowest BCUT2D eigenvalue weighted by atomic mass is 10.2. The molecule has 0 aliphatic rings. The van der Waals surface area contributed by atoms with Gasteiger partial charge in [0.1, 0.15) is 12.4 Å². The second-order valence-electron chi connectivity index (χ2n) is 4.11. The lowest BCUT2D eigenvalue weighted by Gasteiger charge is -2.10. The highest BCUT2D eigenvalue weighted by Crippen LogP contribution is 2.25. The molecule has 0 heterocycles. The molecule has 0 aromatic heterocycles. The van der Waals surface area contributed by atoms with E-state index in [-0.39, 0.29) is 0 Å². The van der Waals surface area contributed by atoms with E-state index in [2.05, 4.69) is 12.2 Å². The highest BCUT2D eigenvalue weighted by Gasteiger charge is 2.02. The average molecular weight is 272 g/mol. The lowest BCUT2D eigenvalue weighted by molar-refractivity contribution is 0.0981. The summed E-state index contributed by atoms with van der Waals surface area (Å²) in [6.07, 6.45) is 2.25. The summed E-state index contributed by atoms with van der Waals surface area (Å²) in [6.45, 7) is 4.89. The lowest BCUT2D eigenvalue weighted by Crippen LogP contribution is -2.08. The first-order valence-corrected chi connectivity index (χ1v) is 6.79. The fourth-order valence-electron chi connectivity index (χ4n) is 1.53. The Bertz CT molecular complexity index is 345. The van der Waals surface area contributed by atoms with Gasteiger partial charge in [-0.1, -0.05) is 31.0 Å². The number of rotatable bonds is 9. The van der Waals surface area contributed by atoms with Crippen LogP contribution in [-0.2, 0) is 11.3 Å². The van der Waals surface area contributed by atoms with Gasteiger partial charge in [-0.2, -0.15) is 0 Å². The predicted molar refractivity (Wildman–Crippen MR) is 75.4 cm³/mol. The molecule has 0 radical (unpaired) electrons. The van der Waals surface area contributed by atoms with E-state index < -0.39 is 0 Å². The molecule has 0 aliphatic heterocycles. The van der Waals surface area contributed by atoms with Crippen molar-refractivity contribution in [2.75, 3.05) is 26.9 Å². The van der Waals surface area contributed by atoms with Crippen molar-refractivity contribution in [1.82, 2.24) is 5.32 Å². The monoisotopic (exact) mass is 271 g/mol. The van der Waals surface area contributed by atoms with Gasteiger partial charge in [-0.25, -0.2) is 0 Å². The maximum atomic E-state index is 6.13. The normalized spacial score (nSPS) is 10.6. The Morgan fingerprint density at radius 2 is 2.06 bits per heavy atom. The van der Waals surface area contributed by atoms with Crippen molar-refractivity contribution in [3.63, 3.8) is 0 Å². The van der Waals surface area contributed by atoms with E-state index in [4.69, 9.17) is 21.1 Å². The van der Waals surface area contributed by atoms with Crippen molar-refractivity contribution in [2.45, 2.75) is 26.3 Å². The summed E-state index contributed by atoms with van der Waals surface area (Å²) in [5, 5.41) is 3.73. The van der Waals surface area contributed by atoms with E-state index in [1.807, 2.05) is 25.2 Å². The molecule has 0 amide bonds. The maximum Gasteiger partial charge on any atom is 0.138 e. The Labute approximate surface area is 114 Å². The van der Waals surface area contributed by atoms with Crippen LogP contribution in [0, 0.1) is 0 Å². The van der Waals surface area contributed by atoms with Crippen molar-refractivity contribution in [2.24, 2.45) is 0 Å². The Kier molecular flexibility index (Phi) is 7.81. The van der Waals surface area contributed by atoms with E-state index in [0.717, 1.165) is 37.3 Å². The molecule has 0 atom stereocenters. The van der Waals surface area contributed by atoms with Crippen molar-refractivity contribution in [1.29, 1.82) is 0 Å². The van der Waals surface area contributed by atoms with Gasteiger partial charge in [-0.05, 0) is 31.2 Å². The summed E-state index contributed by atoms with van der Waals surface area (Å²) >= 11 is 6.13. The molecular weight excluding hydrogens is 250 g/mol. The average Bonchev–Trinajstić information content (AvgIpc) is 2.36. The van der Waals surface area contributed by atoms with Crippen LogP contribution in [0.3, 0.4) is 0 Å². The van der Waals surface area contributed by atoms with E-state index >= 15 is 0 Å². The minimum absolute atomic E-state index is 0.537. The summed E-state index contributed by atoms with van der Waals surface area (Å²) in [5.74, 6) is 0.718. The number of unbranched alkanes of at least 4 members (excludes halogenated alkanes) is 1. The van der Waals surface area contributed by atoms with Gasteiger partial charge in [0.2, 0.25) is 0 Å². The van der Waals surface area contributed by atoms with E-state index in [1.165, 1.54) is 0 Å². The molecule has 102 valence electrons. The van der Waals surface area contributed by atoms with Crippen LogP contribution in [0.1, 0.15) is 25.3 Å². The minimum atomic E-state index is 0.537. The SMILES string of the molecule is CCCCOCCOc1ccc(CNC)cc1Cl. The third-order valence-corrected chi connectivity index (χ3v) is 2.80. The second kappa shape index (κ2) is 9.20. The van der Waals surface area contributed by atoms with E-state index in [9.17, 15) is 0 Å². The van der Waals surface area contributed by atoms with Gasteiger partial charge in [0.05, 0.1) is 11.6 Å². The van der Waals surface area contributed by atoms with Crippen LogP contribution in [-0.4, -0.2) is 26.9 Å². The molecule has 3 nitrogen and oxygen atoms in total. The Morgan fingerprint density at radius 1 is 1.22 bits per heavy atom. The molecule has 1 aromatic carbocycles. The molecule has 18 heavy (non-hydrogen) atoms. The summed E-state index contributed by atoms with van der Waals surface area (Å²) in [6, 6.07) is 5.84. The van der Waals surface area contributed by atoms with Crippen LogP contribution in [0.15, 0.2) is 18.2 Å². The predicted octanol–water partition coefficient (Wildman–Crippen LogP) is 3.25. The second-order valence-corrected chi connectivity index (χ2v) is 4.52. The molecule has 0 bridgehead atoms. The zero-order valence-corrected chi connectivity index (χ0v) is 11.9. The maximum absolute atomic E-state index is 6.13.